The first-order chi connectivity index (χ1) is 7.70. The third kappa shape index (κ3) is 2.05. The largest absolute Gasteiger partial charge is 0.497 e. The van der Waals surface area contributed by atoms with E-state index in [0.29, 0.717) is 6.04 Å². The minimum Gasteiger partial charge on any atom is -0.497 e. The van der Waals surface area contributed by atoms with Crippen molar-refractivity contribution in [1.29, 1.82) is 0 Å². The Bertz CT molecular complexity index is 459. The quantitative estimate of drug-likeness (QED) is 0.793. The van der Waals surface area contributed by atoms with Crippen molar-refractivity contribution < 1.29 is 4.74 Å². The van der Waals surface area contributed by atoms with Gasteiger partial charge in [-0.1, -0.05) is 5.21 Å². The third-order valence-corrected chi connectivity index (χ3v) is 2.43. The Morgan fingerprint density at radius 1 is 1.19 bits per heavy atom. The highest BCUT2D eigenvalue weighted by molar-refractivity contribution is 5.58. The number of rotatable bonds is 3. The lowest BCUT2D eigenvalue weighted by molar-refractivity contribution is 0.415. The second kappa shape index (κ2) is 4.35. The summed E-state index contributed by atoms with van der Waals surface area (Å²) in [5.41, 5.74) is 1.93. The third-order valence-electron chi connectivity index (χ3n) is 2.43. The fourth-order valence-corrected chi connectivity index (χ4v) is 1.42. The Morgan fingerprint density at radius 3 is 2.38 bits per heavy atom. The number of ether oxygens (including phenoxy) is 1. The zero-order valence-electron chi connectivity index (χ0n) is 9.71. The fourth-order valence-electron chi connectivity index (χ4n) is 1.42. The van der Waals surface area contributed by atoms with Crippen molar-refractivity contribution in [2.24, 2.45) is 0 Å². The first-order valence-corrected chi connectivity index (χ1v) is 5.27. The SMILES string of the molecule is COc1ccc(-c2cn(C(C)C)nn2)cc1. The summed E-state index contributed by atoms with van der Waals surface area (Å²) in [6.45, 7) is 4.15. The molecule has 0 amide bonds. The van der Waals surface area contributed by atoms with Gasteiger partial charge in [-0.25, -0.2) is 4.68 Å². The van der Waals surface area contributed by atoms with Gasteiger partial charge in [0.15, 0.2) is 0 Å². The van der Waals surface area contributed by atoms with Gasteiger partial charge in [-0.15, -0.1) is 5.10 Å². The van der Waals surface area contributed by atoms with E-state index < -0.39 is 0 Å². The van der Waals surface area contributed by atoms with Crippen LogP contribution < -0.4 is 4.74 Å². The molecule has 0 bridgehead atoms. The van der Waals surface area contributed by atoms with Gasteiger partial charge in [-0.05, 0) is 38.1 Å². The van der Waals surface area contributed by atoms with Crippen molar-refractivity contribution in [3.05, 3.63) is 30.5 Å². The number of aromatic nitrogens is 3. The van der Waals surface area contributed by atoms with E-state index in [4.69, 9.17) is 4.74 Å². The summed E-state index contributed by atoms with van der Waals surface area (Å²) in [6.07, 6.45) is 1.95. The van der Waals surface area contributed by atoms with Gasteiger partial charge in [0.1, 0.15) is 11.4 Å². The minimum absolute atomic E-state index is 0.333. The number of nitrogens with zero attached hydrogens (tertiary/aromatic N) is 3. The number of hydrogen-bond donors (Lipinski definition) is 0. The molecule has 0 aliphatic carbocycles. The monoisotopic (exact) mass is 217 g/mol. The predicted molar refractivity (Wildman–Crippen MR) is 62.4 cm³/mol. The molecule has 0 saturated carbocycles. The molecule has 2 aromatic rings. The topological polar surface area (TPSA) is 39.9 Å². The zero-order valence-corrected chi connectivity index (χ0v) is 9.71. The number of benzene rings is 1. The molecule has 0 aliphatic rings. The molecule has 0 saturated heterocycles. The van der Waals surface area contributed by atoms with Crippen molar-refractivity contribution >= 4 is 0 Å². The maximum absolute atomic E-state index is 5.11. The lowest BCUT2D eigenvalue weighted by atomic mass is 10.1. The lowest BCUT2D eigenvalue weighted by Crippen LogP contribution is -2.00. The van der Waals surface area contributed by atoms with Crippen LogP contribution in [0, 0.1) is 0 Å². The van der Waals surface area contributed by atoms with Crippen LogP contribution in [0.1, 0.15) is 19.9 Å². The Hall–Kier alpha value is -1.84. The molecule has 4 nitrogen and oxygen atoms in total. The summed E-state index contributed by atoms with van der Waals surface area (Å²) in [7, 11) is 1.66. The summed E-state index contributed by atoms with van der Waals surface area (Å²) in [4.78, 5) is 0. The van der Waals surface area contributed by atoms with Crippen molar-refractivity contribution in [2.75, 3.05) is 7.11 Å². The average Bonchev–Trinajstić information content (AvgIpc) is 2.78. The summed E-state index contributed by atoms with van der Waals surface area (Å²) < 4.78 is 6.95. The molecule has 2 rings (SSSR count). The molecule has 0 spiro atoms. The van der Waals surface area contributed by atoms with Gasteiger partial charge in [-0.2, -0.15) is 0 Å². The van der Waals surface area contributed by atoms with Gasteiger partial charge in [-0.3, -0.25) is 0 Å². The molecule has 0 N–H and O–H groups in total. The van der Waals surface area contributed by atoms with E-state index in [1.54, 1.807) is 7.11 Å². The van der Waals surface area contributed by atoms with Gasteiger partial charge < -0.3 is 4.74 Å². The Morgan fingerprint density at radius 2 is 1.88 bits per heavy atom. The Balaban J connectivity index is 2.28. The van der Waals surface area contributed by atoms with Crippen LogP contribution in [0.25, 0.3) is 11.3 Å². The van der Waals surface area contributed by atoms with Gasteiger partial charge in [0.25, 0.3) is 0 Å². The lowest BCUT2D eigenvalue weighted by Gasteiger charge is -2.01. The van der Waals surface area contributed by atoms with Crippen LogP contribution in [0.4, 0.5) is 0 Å². The molecular formula is C12H15N3O. The second-order valence-corrected chi connectivity index (χ2v) is 3.91. The van der Waals surface area contributed by atoms with E-state index >= 15 is 0 Å². The summed E-state index contributed by atoms with van der Waals surface area (Å²) >= 11 is 0. The zero-order chi connectivity index (χ0) is 11.5. The maximum atomic E-state index is 5.11. The van der Waals surface area contributed by atoms with Crippen molar-refractivity contribution in [1.82, 2.24) is 15.0 Å². The van der Waals surface area contributed by atoms with Gasteiger partial charge in [0, 0.05) is 11.6 Å². The first-order valence-electron chi connectivity index (χ1n) is 5.27. The van der Waals surface area contributed by atoms with Crippen LogP contribution in [0.5, 0.6) is 5.75 Å². The number of methoxy groups -OCH3 is 1. The van der Waals surface area contributed by atoms with Gasteiger partial charge >= 0.3 is 0 Å². The van der Waals surface area contributed by atoms with E-state index in [0.717, 1.165) is 17.0 Å². The van der Waals surface area contributed by atoms with Crippen LogP contribution in [-0.2, 0) is 0 Å². The molecule has 0 radical (unpaired) electrons. The van der Waals surface area contributed by atoms with E-state index in [1.807, 2.05) is 35.1 Å². The highest BCUT2D eigenvalue weighted by atomic mass is 16.5. The van der Waals surface area contributed by atoms with E-state index in [1.165, 1.54) is 0 Å². The average molecular weight is 217 g/mol. The van der Waals surface area contributed by atoms with Crippen molar-refractivity contribution in [2.45, 2.75) is 19.9 Å². The van der Waals surface area contributed by atoms with Crippen LogP contribution in [0.2, 0.25) is 0 Å². The highest BCUT2D eigenvalue weighted by Gasteiger charge is 2.05. The van der Waals surface area contributed by atoms with Crippen LogP contribution in [0.15, 0.2) is 30.5 Å². The Kier molecular flexibility index (Phi) is 2.90. The standard InChI is InChI=1S/C12H15N3O/c1-9(2)15-8-12(13-14-15)10-4-6-11(16-3)7-5-10/h4-9H,1-3H3. The summed E-state index contributed by atoms with van der Waals surface area (Å²) in [5, 5.41) is 8.21. The summed E-state index contributed by atoms with van der Waals surface area (Å²) in [6, 6.07) is 8.13. The first kappa shape index (κ1) is 10.7. The smallest absolute Gasteiger partial charge is 0.118 e. The van der Waals surface area contributed by atoms with Crippen LogP contribution in [-0.4, -0.2) is 22.1 Å². The second-order valence-electron chi connectivity index (χ2n) is 3.91. The van der Waals surface area contributed by atoms with E-state index in [9.17, 15) is 0 Å². The predicted octanol–water partition coefficient (Wildman–Crippen LogP) is 2.53. The fraction of sp³-hybridized carbons (Fsp3) is 0.333. The molecule has 16 heavy (non-hydrogen) atoms. The van der Waals surface area contributed by atoms with E-state index in [2.05, 4.69) is 24.2 Å². The minimum atomic E-state index is 0.333. The number of hydrogen-bond acceptors (Lipinski definition) is 3. The molecule has 1 aromatic heterocycles. The van der Waals surface area contributed by atoms with Gasteiger partial charge in [0.2, 0.25) is 0 Å². The molecule has 0 aliphatic heterocycles. The maximum Gasteiger partial charge on any atom is 0.118 e. The van der Waals surface area contributed by atoms with Crippen LogP contribution >= 0.6 is 0 Å². The molecule has 84 valence electrons. The van der Waals surface area contributed by atoms with Crippen molar-refractivity contribution in [3.63, 3.8) is 0 Å². The van der Waals surface area contributed by atoms with Gasteiger partial charge in [0.05, 0.1) is 13.3 Å². The van der Waals surface area contributed by atoms with Crippen molar-refractivity contribution in [3.8, 4) is 17.0 Å². The van der Waals surface area contributed by atoms with E-state index in [-0.39, 0.29) is 0 Å². The molecular weight excluding hydrogens is 202 g/mol. The molecule has 1 aromatic carbocycles. The van der Waals surface area contributed by atoms with Crippen LogP contribution in [0.3, 0.4) is 0 Å². The normalized spacial score (nSPS) is 10.8. The molecule has 0 unspecified atom stereocenters. The Labute approximate surface area is 94.9 Å². The molecule has 4 heteroatoms. The highest BCUT2D eigenvalue weighted by Crippen LogP contribution is 2.20. The molecule has 0 fully saturated rings. The molecule has 0 atom stereocenters. The molecule has 1 heterocycles. The summed E-state index contributed by atoms with van der Waals surface area (Å²) in [5.74, 6) is 0.847.